The summed E-state index contributed by atoms with van der Waals surface area (Å²) >= 11 is 6.16. The summed E-state index contributed by atoms with van der Waals surface area (Å²) in [6, 6.07) is 9.69. The minimum Gasteiger partial charge on any atom is -0.383 e. The number of benzene rings is 1. The van der Waals surface area contributed by atoms with E-state index in [1.807, 2.05) is 45.0 Å². The summed E-state index contributed by atoms with van der Waals surface area (Å²) in [5.41, 5.74) is 7.79. The smallest absolute Gasteiger partial charge is 0.140 e. The van der Waals surface area contributed by atoms with Crippen LogP contribution in [0.1, 0.15) is 37.6 Å². The van der Waals surface area contributed by atoms with Gasteiger partial charge in [0.05, 0.1) is 11.2 Å². The van der Waals surface area contributed by atoms with Crippen molar-refractivity contribution in [1.29, 1.82) is 5.26 Å². The molecular weight excluding hydrogens is 272 g/mol. The highest BCUT2D eigenvalue weighted by Crippen LogP contribution is 2.26. The van der Waals surface area contributed by atoms with E-state index in [0.717, 1.165) is 5.56 Å². The fourth-order valence-electron chi connectivity index (χ4n) is 2.06. The van der Waals surface area contributed by atoms with Crippen LogP contribution in [0.15, 0.2) is 24.3 Å². The van der Waals surface area contributed by atoms with Crippen molar-refractivity contribution in [2.75, 3.05) is 5.73 Å². The molecule has 1 aromatic carbocycles. The predicted molar refractivity (Wildman–Crippen MR) is 80.6 cm³/mol. The van der Waals surface area contributed by atoms with Gasteiger partial charge in [0, 0.05) is 11.4 Å². The third kappa shape index (κ3) is 2.63. The van der Waals surface area contributed by atoms with E-state index in [1.165, 1.54) is 0 Å². The van der Waals surface area contributed by atoms with E-state index < -0.39 is 0 Å². The Hall–Kier alpha value is -1.99. The summed E-state index contributed by atoms with van der Waals surface area (Å²) in [5, 5.41) is 14.5. The van der Waals surface area contributed by atoms with E-state index in [1.54, 1.807) is 4.68 Å². The van der Waals surface area contributed by atoms with E-state index >= 15 is 0 Å². The highest BCUT2D eigenvalue weighted by molar-refractivity contribution is 6.31. The van der Waals surface area contributed by atoms with Crippen molar-refractivity contribution >= 4 is 17.4 Å². The first-order valence-electron chi connectivity index (χ1n) is 6.36. The molecule has 2 N–H and O–H groups in total. The number of nitrogen functional groups attached to an aromatic ring is 1. The molecule has 104 valence electrons. The Kier molecular flexibility index (Phi) is 3.74. The van der Waals surface area contributed by atoms with Gasteiger partial charge < -0.3 is 5.73 Å². The summed E-state index contributed by atoms with van der Waals surface area (Å²) < 4.78 is 1.69. The molecule has 0 amide bonds. The normalized spacial score (nSPS) is 11.3. The SMILES string of the molecule is CC(C)(C)n1nc(Cc2ccccc2Cl)c(C#N)c1N. The van der Waals surface area contributed by atoms with Crippen molar-refractivity contribution in [3.63, 3.8) is 0 Å². The summed E-state index contributed by atoms with van der Waals surface area (Å²) in [7, 11) is 0. The van der Waals surface area contributed by atoms with Crippen molar-refractivity contribution in [1.82, 2.24) is 9.78 Å². The van der Waals surface area contributed by atoms with Crippen LogP contribution < -0.4 is 5.73 Å². The molecule has 0 saturated heterocycles. The van der Waals surface area contributed by atoms with Gasteiger partial charge in [-0.3, -0.25) is 0 Å². The highest BCUT2D eigenvalue weighted by Gasteiger charge is 2.23. The standard InChI is InChI=1S/C15H17ClN4/c1-15(2,3)20-14(18)11(9-17)13(19-20)8-10-6-4-5-7-12(10)16/h4-7H,8,18H2,1-3H3. The second-order valence-corrected chi connectivity index (χ2v) is 6.08. The van der Waals surface area contributed by atoms with E-state index in [9.17, 15) is 5.26 Å². The number of nitriles is 1. The van der Waals surface area contributed by atoms with Gasteiger partial charge in [-0.2, -0.15) is 10.4 Å². The third-order valence-corrected chi connectivity index (χ3v) is 3.43. The van der Waals surface area contributed by atoms with Crippen molar-refractivity contribution in [2.45, 2.75) is 32.7 Å². The molecule has 0 fully saturated rings. The molecule has 0 aliphatic carbocycles. The number of nitrogens with two attached hydrogens (primary N) is 1. The predicted octanol–water partition coefficient (Wildman–Crippen LogP) is 3.34. The van der Waals surface area contributed by atoms with Crippen LogP contribution in [0, 0.1) is 11.3 Å². The fourth-order valence-corrected chi connectivity index (χ4v) is 2.26. The van der Waals surface area contributed by atoms with E-state index in [4.69, 9.17) is 17.3 Å². The monoisotopic (exact) mass is 288 g/mol. The Balaban J connectivity index is 2.48. The Bertz CT molecular complexity index is 674. The van der Waals surface area contributed by atoms with E-state index in [0.29, 0.717) is 28.5 Å². The zero-order valence-corrected chi connectivity index (χ0v) is 12.6. The van der Waals surface area contributed by atoms with Crippen LogP contribution in [0.25, 0.3) is 0 Å². The maximum atomic E-state index is 9.31. The van der Waals surface area contributed by atoms with E-state index in [-0.39, 0.29) is 5.54 Å². The molecule has 20 heavy (non-hydrogen) atoms. The minimum atomic E-state index is -0.269. The van der Waals surface area contributed by atoms with Crippen molar-refractivity contribution in [3.8, 4) is 6.07 Å². The average molecular weight is 289 g/mol. The molecule has 2 rings (SSSR count). The van der Waals surface area contributed by atoms with Gasteiger partial charge in [-0.05, 0) is 32.4 Å². The van der Waals surface area contributed by atoms with Crippen molar-refractivity contribution in [2.24, 2.45) is 0 Å². The fraction of sp³-hybridized carbons (Fsp3) is 0.333. The molecule has 1 aromatic heterocycles. The number of halogens is 1. The summed E-state index contributed by atoms with van der Waals surface area (Å²) in [5.74, 6) is 0.405. The first-order chi connectivity index (χ1) is 9.34. The molecule has 5 heteroatoms. The Morgan fingerprint density at radius 3 is 2.55 bits per heavy atom. The number of anilines is 1. The Labute approximate surface area is 123 Å². The number of hydrogen-bond donors (Lipinski definition) is 1. The first kappa shape index (κ1) is 14.4. The van der Waals surface area contributed by atoms with E-state index in [2.05, 4.69) is 11.2 Å². The molecule has 0 unspecified atom stereocenters. The maximum Gasteiger partial charge on any atom is 0.140 e. The number of nitrogens with zero attached hydrogens (tertiary/aromatic N) is 3. The van der Waals surface area contributed by atoms with Gasteiger partial charge in [-0.25, -0.2) is 4.68 Å². The van der Waals surface area contributed by atoms with Crippen LogP contribution >= 0.6 is 11.6 Å². The van der Waals surface area contributed by atoms with Crippen LogP contribution in [-0.4, -0.2) is 9.78 Å². The second kappa shape index (κ2) is 5.18. The molecule has 0 aliphatic rings. The Morgan fingerprint density at radius 1 is 1.35 bits per heavy atom. The summed E-state index contributed by atoms with van der Waals surface area (Å²) in [6.07, 6.45) is 0.496. The average Bonchev–Trinajstić information content (AvgIpc) is 2.68. The third-order valence-electron chi connectivity index (χ3n) is 3.06. The van der Waals surface area contributed by atoms with Gasteiger partial charge in [-0.15, -0.1) is 0 Å². The largest absolute Gasteiger partial charge is 0.383 e. The molecule has 0 radical (unpaired) electrons. The zero-order chi connectivity index (χ0) is 14.9. The lowest BCUT2D eigenvalue weighted by Crippen LogP contribution is -2.25. The van der Waals surface area contributed by atoms with Gasteiger partial charge in [0.25, 0.3) is 0 Å². The number of hydrogen-bond acceptors (Lipinski definition) is 3. The molecule has 0 atom stereocenters. The maximum absolute atomic E-state index is 9.31. The molecule has 0 spiro atoms. The molecule has 0 bridgehead atoms. The summed E-state index contributed by atoms with van der Waals surface area (Å²) in [4.78, 5) is 0. The van der Waals surface area contributed by atoms with Crippen LogP contribution in [0.5, 0.6) is 0 Å². The van der Waals surface area contributed by atoms with Crippen LogP contribution in [-0.2, 0) is 12.0 Å². The highest BCUT2D eigenvalue weighted by atomic mass is 35.5. The van der Waals surface area contributed by atoms with Gasteiger partial charge in [0.15, 0.2) is 0 Å². The van der Waals surface area contributed by atoms with Crippen molar-refractivity contribution in [3.05, 3.63) is 46.1 Å². The minimum absolute atomic E-state index is 0.269. The molecule has 2 aromatic rings. The molecule has 1 heterocycles. The van der Waals surface area contributed by atoms with Crippen LogP contribution in [0.4, 0.5) is 5.82 Å². The zero-order valence-electron chi connectivity index (χ0n) is 11.8. The number of aromatic nitrogens is 2. The molecule has 0 saturated carbocycles. The molecular formula is C15H17ClN4. The van der Waals surface area contributed by atoms with Gasteiger partial charge in [0.2, 0.25) is 0 Å². The molecule has 4 nitrogen and oxygen atoms in total. The van der Waals surface area contributed by atoms with Gasteiger partial charge in [0.1, 0.15) is 17.5 Å². The number of rotatable bonds is 2. The Morgan fingerprint density at radius 2 is 2.00 bits per heavy atom. The van der Waals surface area contributed by atoms with Crippen LogP contribution in [0.2, 0.25) is 5.02 Å². The topological polar surface area (TPSA) is 67.6 Å². The second-order valence-electron chi connectivity index (χ2n) is 5.67. The van der Waals surface area contributed by atoms with Crippen molar-refractivity contribution < 1.29 is 0 Å². The summed E-state index contributed by atoms with van der Waals surface area (Å²) in [6.45, 7) is 5.99. The lowest BCUT2D eigenvalue weighted by Gasteiger charge is -2.20. The first-order valence-corrected chi connectivity index (χ1v) is 6.73. The van der Waals surface area contributed by atoms with Crippen LogP contribution in [0.3, 0.4) is 0 Å². The quantitative estimate of drug-likeness (QED) is 0.921. The lowest BCUT2D eigenvalue weighted by molar-refractivity contribution is 0.359. The lowest BCUT2D eigenvalue weighted by atomic mass is 10.1. The van der Waals surface area contributed by atoms with Gasteiger partial charge >= 0.3 is 0 Å². The van der Waals surface area contributed by atoms with Gasteiger partial charge in [-0.1, -0.05) is 29.8 Å². The molecule has 0 aliphatic heterocycles.